The molecule has 0 unspecified atom stereocenters. The lowest BCUT2D eigenvalue weighted by molar-refractivity contribution is -0.150. The van der Waals surface area contributed by atoms with Gasteiger partial charge in [0.25, 0.3) is 0 Å². The number of carbonyl (C=O) groups is 2. The van der Waals surface area contributed by atoms with E-state index in [1.54, 1.807) is 13.8 Å². The molecule has 2 atom stereocenters. The van der Waals surface area contributed by atoms with Crippen molar-refractivity contribution in [3.05, 3.63) is 0 Å². The predicted octanol–water partition coefficient (Wildman–Crippen LogP) is 0.482. The van der Waals surface area contributed by atoms with Gasteiger partial charge in [-0.15, -0.1) is 12.4 Å². The third kappa shape index (κ3) is 3.35. The molecule has 94 valence electrons. The highest BCUT2D eigenvalue weighted by Crippen LogP contribution is 2.11. The molecule has 0 saturated carbocycles. The summed E-state index contributed by atoms with van der Waals surface area (Å²) in [6.45, 7) is 4.62. The topological polar surface area (TPSA) is 69.6 Å². The maximum absolute atomic E-state index is 11.9. The molecule has 0 radical (unpaired) electrons. The van der Waals surface area contributed by atoms with E-state index in [-0.39, 0.29) is 24.4 Å². The number of aliphatic carboxylic acids is 1. The Morgan fingerprint density at radius 1 is 1.56 bits per heavy atom. The molecule has 5 nitrogen and oxygen atoms in total. The number of carbonyl (C=O) groups excluding carboxylic acids is 1. The fourth-order valence-electron chi connectivity index (χ4n) is 1.85. The van der Waals surface area contributed by atoms with Crippen LogP contribution in [0.2, 0.25) is 0 Å². The second kappa shape index (κ2) is 6.70. The van der Waals surface area contributed by atoms with E-state index in [9.17, 15) is 9.59 Å². The van der Waals surface area contributed by atoms with Gasteiger partial charge in [-0.05, 0) is 33.2 Å². The number of nitrogens with zero attached hydrogens (tertiary/aromatic N) is 1. The summed E-state index contributed by atoms with van der Waals surface area (Å²) >= 11 is 0. The average Bonchev–Trinajstić information content (AvgIpc) is 2.71. The van der Waals surface area contributed by atoms with E-state index in [4.69, 9.17) is 5.11 Å². The molecule has 0 aromatic carbocycles. The van der Waals surface area contributed by atoms with Crippen molar-refractivity contribution in [2.45, 2.75) is 38.8 Å². The number of hydrogen-bond acceptors (Lipinski definition) is 3. The van der Waals surface area contributed by atoms with Crippen molar-refractivity contribution in [1.29, 1.82) is 0 Å². The zero-order valence-electron chi connectivity index (χ0n) is 9.60. The minimum absolute atomic E-state index is 0. The summed E-state index contributed by atoms with van der Waals surface area (Å²) < 4.78 is 0. The van der Waals surface area contributed by atoms with Crippen molar-refractivity contribution in [1.82, 2.24) is 10.2 Å². The smallest absolute Gasteiger partial charge is 0.326 e. The molecule has 2 N–H and O–H groups in total. The first-order chi connectivity index (χ1) is 7.07. The molecule has 1 fully saturated rings. The Labute approximate surface area is 102 Å². The van der Waals surface area contributed by atoms with E-state index in [2.05, 4.69) is 5.32 Å². The van der Waals surface area contributed by atoms with Crippen LogP contribution in [-0.2, 0) is 9.59 Å². The van der Waals surface area contributed by atoms with Crippen molar-refractivity contribution in [3.8, 4) is 0 Å². The lowest BCUT2D eigenvalue weighted by atomic mass is 10.1. The first-order valence-electron chi connectivity index (χ1n) is 5.34. The van der Waals surface area contributed by atoms with Gasteiger partial charge >= 0.3 is 5.97 Å². The molecule has 1 aliphatic rings. The summed E-state index contributed by atoms with van der Waals surface area (Å²) in [6, 6.07) is -0.934. The van der Waals surface area contributed by atoms with Crippen LogP contribution in [0.15, 0.2) is 0 Å². The van der Waals surface area contributed by atoms with Crippen LogP contribution in [0.1, 0.15) is 26.7 Å². The van der Waals surface area contributed by atoms with E-state index in [0.29, 0.717) is 6.54 Å². The van der Waals surface area contributed by atoms with Crippen LogP contribution in [0.3, 0.4) is 0 Å². The number of carboxylic acid groups (broad SMARTS) is 1. The van der Waals surface area contributed by atoms with E-state index < -0.39 is 12.0 Å². The van der Waals surface area contributed by atoms with Gasteiger partial charge in [0.2, 0.25) is 5.91 Å². The Morgan fingerprint density at radius 3 is 2.56 bits per heavy atom. The van der Waals surface area contributed by atoms with Crippen LogP contribution in [0.4, 0.5) is 0 Å². The Morgan fingerprint density at radius 2 is 2.19 bits per heavy atom. The molecule has 6 heteroatoms. The molecule has 1 amide bonds. The molecular formula is C10H19ClN2O3. The molecule has 0 aromatic heterocycles. The maximum atomic E-state index is 11.9. The Hall–Kier alpha value is -0.810. The summed E-state index contributed by atoms with van der Waals surface area (Å²) in [5.41, 5.74) is 0. The van der Waals surface area contributed by atoms with Gasteiger partial charge in [-0.25, -0.2) is 4.79 Å². The van der Waals surface area contributed by atoms with Crippen LogP contribution in [0.5, 0.6) is 0 Å². The molecule has 0 aromatic rings. The van der Waals surface area contributed by atoms with Crippen LogP contribution in [0.25, 0.3) is 0 Å². The lowest BCUT2D eigenvalue weighted by Gasteiger charge is -2.27. The van der Waals surface area contributed by atoms with E-state index in [1.165, 1.54) is 4.90 Å². The van der Waals surface area contributed by atoms with Crippen LogP contribution in [0, 0.1) is 0 Å². The summed E-state index contributed by atoms with van der Waals surface area (Å²) in [7, 11) is 0. The number of amides is 1. The average molecular weight is 251 g/mol. The lowest BCUT2D eigenvalue weighted by Crippen LogP contribution is -2.50. The van der Waals surface area contributed by atoms with Gasteiger partial charge < -0.3 is 15.3 Å². The van der Waals surface area contributed by atoms with Crippen molar-refractivity contribution >= 4 is 24.3 Å². The zero-order valence-corrected chi connectivity index (χ0v) is 10.4. The summed E-state index contributed by atoms with van der Waals surface area (Å²) in [6.07, 6.45) is 1.79. The number of likely N-dealkylation sites (N-methyl/N-ethyl adjacent to an activating group) is 1. The second-order valence-corrected chi connectivity index (χ2v) is 3.79. The molecule has 0 spiro atoms. The third-order valence-corrected chi connectivity index (χ3v) is 2.81. The fraction of sp³-hybridized carbons (Fsp3) is 0.800. The molecule has 0 aliphatic carbocycles. The molecule has 1 heterocycles. The largest absolute Gasteiger partial charge is 0.480 e. The molecular weight excluding hydrogens is 232 g/mol. The highest BCUT2D eigenvalue weighted by molar-refractivity contribution is 5.87. The van der Waals surface area contributed by atoms with E-state index in [0.717, 1.165) is 19.4 Å². The molecule has 1 rings (SSSR count). The van der Waals surface area contributed by atoms with Crippen LogP contribution >= 0.6 is 12.4 Å². The van der Waals surface area contributed by atoms with Gasteiger partial charge in [0.1, 0.15) is 6.04 Å². The number of rotatable bonds is 4. The van der Waals surface area contributed by atoms with Crippen molar-refractivity contribution in [2.75, 3.05) is 13.1 Å². The monoisotopic (exact) mass is 250 g/mol. The van der Waals surface area contributed by atoms with Crippen molar-refractivity contribution in [3.63, 3.8) is 0 Å². The maximum Gasteiger partial charge on any atom is 0.326 e. The highest BCUT2D eigenvalue weighted by Gasteiger charge is 2.31. The summed E-state index contributed by atoms with van der Waals surface area (Å²) in [4.78, 5) is 24.1. The number of nitrogens with one attached hydrogen (secondary N) is 1. The number of halogens is 1. The Balaban J connectivity index is 0.00000225. The quantitative estimate of drug-likeness (QED) is 0.762. The summed E-state index contributed by atoms with van der Waals surface area (Å²) in [5.74, 6) is -1.05. The minimum Gasteiger partial charge on any atom is -0.480 e. The van der Waals surface area contributed by atoms with Gasteiger partial charge in [0.15, 0.2) is 0 Å². The molecule has 1 saturated heterocycles. The van der Waals surface area contributed by atoms with Gasteiger partial charge in [-0.2, -0.15) is 0 Å². The highest BCUT2D eigenvalue weighted by atomic mass is 35.5. The van der Waals surface area contributed by atoms with Crippen molar-refractivity contribution in [2.24, 2.45) is 0 Å². The Bertz CT molecular complexity index is 254. The standard InChI is InChI=1S/C10H18N2O3.ClH/c1-3-12(7(2)10(14)15)9(13)8-5-4-6-11-8;/h7-8,11H,3-6H2,1-2H3,(H,14,15);1H/t7-,8-;/m0./s1. The number of hydrogen-bond donors (Lipinski definition) is 2. The van der Waals surface area contributed by atoms with E-state index >= 15 is 0 Å². The molecule has 1 aliphatic heterocycles. The van der Waals surface area contributed by atoms with Gasteiger partial charge in [0.05, 0.1) is 6.04 Å². The van der Waals surface area contributed by atoms with Gasteiger partial charge in [0, 0.05) is 6.54 Å². The third-order valence-electron chi connectivity index (χ3n) is 2.81. The fourth-order valence-corrected chi connectivity index (χ4v) is 1.85. The zero-order chi connectivity index (χ0) is 11.4. The first kappa shape index (κ1) is 15.2. The second-order valence-electron chi connectivity index (χ2n) is 3.79. The molecule has 0 bridgehead atoms. The molecule has 16 heavy (non-hydrogen) atoms. The summed E-state index contributed by atoms with van der Waals surface area (Å²) in [5, 5.41) is 11.9. The minimum atomic E-state index is -0.955. The van der Waals surface area contributed by atoms with Crippen molar-refractivity contribution < 1.29 is 14.7 Å². The van der Waals surface area contributed by atoms with Gasteiger partial charge in [-0.1, -0.05) is 0 Å². The SMILES string of the molecule is CCN(C(=O)[C@@H]1CCCN1)[C@@H](C)C(=O)O.Cl. The van der Waals surface area contributed by atoms with Crippen LogP contribution in [-0.4, -0.2) is 47.1 Å². The normalized spacial score (nSPS) is 21.0. The van der Waals surface area contributed by atoms with Crippen LogP contribution < -0.4 is 5.32 Å². The number of carboxylic acids is 1. The predicted molar refractivity (Wildman–Crippen MR) is 62.8 cm³/mol. The first-order valence-corrected chi connectivity index (χ1v) is 5.34. The van der Waals surface area contributed by atoms with Gasteiger partial charge in [-0.3, -0.25) is 4.79 Å². The van der Waals surface area contributed by atoms with E-state index in [1.807, 2.05) is 0 Å². The Kier molecular flexibility index (Phi) is 6.36.